The SMILES string of the molecule is C[C@@H]1Cc2ccc(CNC(=O)Cc3ccccc3)cc2N1C(=O)c1ccccc1. The summed E-state index contributed by atoms with van der Waals surface area (Å²) in [4.78, 5) is 27.2. The predicted octanol–water partition coefficient (Wildman–Crippen LogP) is 4.14. The van der Waals surface area contributed by atoms with Crippen LogP contribution >= 0.6 is 0 Å². The molecule has 3 aromatic carbocycles. The maximum absolute atomic E-state index is 13.1. The number of nitrogens with zero attached hydrogens (tertiary/aromatic N) is 1. The first-order valence-corrected chi connectivity index (χ1v) is 9.93. The summed E-state index contributed by atoms with van der Waals surface area (Å²) in [5, 5.41) is 2.98. The van der Waals surface area contributed by atoms with Gasteiger partial charge in [0, 0.05) is 23.8 Å². The van der Waals surface area contributed by atoms with Crippen LogP contribution in [0, 0.1) is 0 Å². The van der Waals surface area contributed by atoms with Crippen molar-refractivity contribution in [3.8, 4) is 0 Å². The Hall–Kier alpha value is -3.40. The Morgan fingerprint density at radius 1 is 0.931 bits per heavy atom. The molecule has 3 aromatic rings. The number of hydrogen-bond donors (Lipinski definition) is 1. The molecule has 0 unspecified atom stereocenters. The molecule has 146 valence electrons. The molecular weight excluding hydrogens is 360 g/mol. The van der Waals surface area contributed by atoms with Crippen molar-refractivity contribution in [2.75, 3.05) is 4.90 Å². The Morgan fingerprint density at radius 2 is 1.62 bits per heavy atom. The average molecular weight is 384 g/mol. The summed E-state index contributed by atoms with van der Waals surface area (Å²) in [5.41, 5.74) is 4.79. The molecule has 0 saturated heterocycles. The van der Waals surface area contributed by atoms with E-state index in [9.17, 15) is 9.59 Å². The second-order valence-electron chi connectivity index (χ2n) is 7.50. The van der Waals surface area contributed by atoms with Gasteiger partial charge in [0.15, 0.2) is 0 Å². The second kappa shape index (κ2) is 8.31. The highest BCUT2D eigenvalue weighted by atomic mass is 16.2. The van der Waals surface area contributed by atoms with Crippen LogP contribution in [0.4, 0.5) is 5.69 Å². The van der Waals surface area contributed by atoms with Crippen molar-refractivity contribution in [1.82, 2.24) is 5.32 Å². The maximum Gasteiger partial charge on any atom is 0.258 e. The lowest BCUT2D eigenvalue weighted by molar-refractivity contribution is -0.120. The average Bonchev–Trinajstić information content (AvgIpc) is 3.08. The first kappa shape index (κ1) is 18.9. The summed E-state index contributed by atoms with van der Waals surface area (Å²) in [6, 6.07) is 25.3. The molecule has 0 saturated carbocycles. The lowest BCUT2D eigenvalue weighted by Gasteiger charge is -2.23. The standard InChI is InChI=1S/C25H24N2O2/c1-18-14-22-13-12-20(17-26-24(28)16-19-8-4-2-5-9-19)15-23(22)27(18)25(29)21-10-6-3-7-11-21/h2-13,15,18H,14,16-17H2,1H3,(H,26,28)/t18-/m1/s1. The predicted molar refractivity (Wildman–Crippen MR) is 115 cm³/mol. The molecule has 0 radical (unpaired) electrons. The zero-order valence-corrected chi connectivity index (χ0v) is 16.5. The molecule has 0 fully saturated rings. The van der Waals surface area contributed by atoms with Gasteiger partial charge in [-0.2, -0.15) is 0 Å². The minimum atomic E-state index is -0.0118. The van der Waals surface area contributed by atoms with Crippen molar-refractivity contribution < 1.29 is 9.59 Å². The molecule has 1 atom stereocenters. The summed E-state index contributed by atoms with van der Waals surface area (Å²) in [6.45, 7) is 2.52. The van der Waals surface area contributed by atoms with Crippen LogP contribution in [0.1, 0.15) is 34.0 Å². The number of carbonyl (C=O) groups is 2. The van der Waals surface area contributed by atoms with E-state index in [0.29, 0.717) is 18.5 Å². The summed E-state index contributed by atoms with van der Waals surface area (Å²) in [5.74, 6) is 0.00407. The third kappa shape index (κ3) is 4.21. The lowest BCUT2D eigenvalue weighted by Crippen LogP contribution is -2.35. The fourth-order valence-electron chi connectivity index (χ4n) is 3.84. The molecule has 1 aliphatic rings. The number of nitrogens with one attached hydrogen (secondary N) is 1. The van der Waals surface area contributed by atoms with E-state index in [1.54, 1.807) is 0 Å². The molecule has 0 aromatic heterocycles. The molecule has 4 heteroatoms. The molecule has 2 amide bonds. The number of amides is 2. The lowest BCUT2D eigenvalue weighted by atomic mass is 10.1. The third-order valence-corrected chi connectivity index (χ3v) is 5.30. The van der Waals surface area contributed by atoms with Crippen LogP contribution in [0.5, 0.6) is 0 Å². The van der Waals surface area contributed by atoms with Crippen molar-refractivity contribution in [3.63, 3.8) is 0 Å². The topological polar surface area (TPSA) is 49.4 Å². The normalized spacial score (nSPS) is 15.1. The van der Waals surface area contributed by atoms with E-state index in [4.69, 9.17) is 0 Å². The van der Waals surface area contributed by atoms with Gasteiger partial charge in [0.05, 0.1) is 6.42 Å². The molecule has 4 nitrogen and oxygen atoms in total. The summed E-state index contributed by atoms with van der Waals surface area (Å²) in [6.07, 6.45) is 1.20. The van der Waals surface area contributed by atoms with Crippen molar-refractivity contribution in [1.29, 1.82) is 0 Å². The van der Waals surface area contributed by atoms with Crippen LogP contribution < -0.4 is 10.2 Å². The van der Waals surface area contributed by atoms with Crippen LogP contribution in [0.2, 0.25) is 0 Å². The van der Waals surface area contributed by atoms with Gasteiger partial charge in [-0.3, -0.25) is 9.59 Å². The van der Waals surface area contributed by atoms with Gasteiger partial charge in [0.25, 0.3) is 5.91 Å². The zero-order chi connectivity index (χ0) is 20.2. The van der Waals surface area contributed by atoms with E-state index in [-0.39, 0.29) is 17.9 Å². The highest BCUT2D eigenvalue weighted by Crippen LogP contribution is 2.34. The van der Waals surface area contributed by atoms with Gasteiger partial charge < -0.3 is 10.2 Å². The summed E-state index contributed by atoms with van der Waals surface area (Å²) < 4.78 is 0. The number of carbonyl (C=O) groups excluding carboxylic acids is 2. The number of fused-ring (bicyclic) bond motifs is 1. The molecule has 1 N–H and O–H groups in total. The number of anilines is 1. The third-order valence-electron chi connectivity index (χ3n) is 5.30. The van der Waals surface area contributed by atoms with E-state index in [2.05, 4.69) is 18.3 Å². The minimum absolute atomic E-state index is 0.0118. The van der Waals surface area contributed by atoms with Crippen LogP contribution in [0.3, 0.4) is 0 Å². The molecule has 1 heterocycles. The molecule has 0 bridgehead atoms. The first-order valence-electron chi connectivity index (χ1n) is 9.93. The number of benzene rings is 3. The van der Waals surface area contributed by atoms with Gasteiger partial charge in [-0.05, 0) is 48.2 Å². The van der Waals surface area contributed by atoms with E-state index in [0.717, 1.165) is 23.2 Å². The molecule has 29 heavy (non-hydrogen) atoms. The van der Waals surface area contributed by atoms with E-state index in [1.165, 1.54) is 5.56 Å². The van der Waals surface area contributed by atoms with Crippen LogP contribution in [-0.4, -0.2) is 17.9 Å². The summed E-state index contributed by atoms with van der Waals surface area (Å²) >= 11 is 0. The maximum atomic E-state index is 13.1. The molecular formula is C25H24N2O2. The quantitative estimate of drug-likeness (QED) is 0.719. The van der Waals surface area contributed by atoms with E-state index < -0.39 is 0 Å². The fraction of sp³-hybridized carbons (Fsp3) is 0.200. The van der Waals surface area contributed by atoms with Crippen molar-refractivity contribution >= 4 is 17.5 Å². The van der Waals surface area contributed by atoms with Crippen LogP contribution in [-0.2, 0) is 24.2 Å². The van der Waals surface area contributed by atoms with Gasteiger partial charge in [0.2, 0.25) is 5.91 Å². The Morgan fingerprint density at radius 3 is 2.34 bits per heavy atom. The van der Waals surface area contributed by atoms with Gasteiger partial charge in [-0.1, -0.05) is 60.7 Å². The van der Waals surface area contributed by atoms with E-state index in [1.807, 2.05) is 77.7 Å². The zero-order valence-electron chi connectivity index (χ0n) is 16.5. The highest BCUT2D eigenvalue weighted by Gasteiger charge is 2.31. The highest BCUT2D eigenvalue weighted by molar-refractivity contribution is 6.07. The number of rotatable bonds is 5. The largest absolute Gasteiger partial charge is 0.352 e. The monoisotopic (exact) mass is 384 g/mol. The fourth-order valence-corrected chi connectivity index (χ4v) is 3.84. The Bertz CT molecular complexity index is 1020. The molecule has 1 aliphatic heterocycles. The molecule has 0 spiro atoms. The van der Waals surface area contributed by atoms with Crippen molar-refractivity contribution in [2.24, 2.45) is 0 Å². The van der Waals surface area contributed by atoms with Gasteiger partial charge in [0.1, 0.15) is 0 Å². The van der Waals surface area contributed by atoms with E-state index >= 15 is 0 Å². The Labute approximate surface area is 171 Å². The smallest absolute Gasteiger partial charge is 0.258 e. The van der Waals surface area contributed by atoms with Crippen molar-refractivity contribution in [3.05, 3.63) is 101 Å². The Kier molecular flexibility index (Phi) is 5.43. The number of hydrogen-bond acceptors (Lipinski definition) is 2. The first-order chi connectivity index (χ1) is 14.1. The van der Waals surface area contributed by atoms with Gasteiger partial charge >= 0.3 is 0 Å². The molecule has 4 rings (SSSR count). The van der Waals surface area contributed by atoms with Gasteiger partial charge in [-0.15, -0.1) is 0 Å². The van der Waals surface area contributed by atoms with Crippen molar-refractivity contribution in [2.45, 2.75) is 32.4 Å². The minimum Gasteiger partial charge on any atom is -0.352 e. The summed E-state index contributed by atoms with van der Waals surface area (Å²) in [7, 11) is 0. The molecule has 0 aliphatic carbocycles. The van der Waals surface area contributed by atoms with Crippen LogP contribution in [0.25, 0.3) is 0 Å². The Balaban J connectivity index is 1.47. The second-order valence-corrected chi connectivity index (χ2v) is 7.50. The van der Waals surface area contributed by atoms with Crippen LogP contribution in [0.15, 0.2) is 78.9 Å². The van der Waals surface area contributed by atoms with Gasteiger partial charge in [-0.25, -0.2) is 0 Å².